The molecular weight excluding hydrogens is 448 g/mol. The van der Waals surface area contributed by atoms with Crippen molar-refractivity contribution in [3.05, 3.63) is 58.6 Å². The molecule has 1 saturated heterocycles. The Bertz CT molecular complexity index is 1070. The van der Waals surface area contributed by atoms with Crippen molar-refractivity contribution in [1.82, 2.24) is 9.62 Å². The lowest BCUT2D eigenvalue weighted by Gasteiger charge is -2.25. The van der Waals surface area contributed by atoms with Gasteiger partial charge in [0, 0.05) is 23.0 Å². The molecular formula is C24H29ClN2O4S. The van der Waals surface area contributed by atoms with Gasteiger partial charge in [-0.3, -0.25) is 9.69 Å². The molecule has 2 aromatic rings. The maximum absolute atomic E-state index is 12.8. The van der Waals surface area contributed by atoms with E-state index in [1.807, 2.05) is 31.2 Å². The smallest absolute Gasteiger partial charge is 0.241 e. The number of likely N-dealkylation sites (tertiary alicyclic amines) is 1. The zero-order chi connectivity index (χ0) is 22.7. The minimum atomic E-state index is -3.64. The van der Waals surface area contributed by atoms with Crippen molar-refractivity contribution in [2.75, 3.05) is 19.7 Å². The SMILES string of the molecule is Cc1ccc(S(=O)(=O)NC2CCCN2CCCOc2ccc(C(=O)C3CC3)cc2)cc1Cl. The number of rotatable bonds is 10. The van der Waals surface area contributed by atoms with Gasteiger partial charge in [-0.15, -0.1) is 0 Å². The molecule has 8 heteroatoms. The van der Waals surface area contributed by atoms with Crippen molar-refractivity contribution in [2.45, 2.75) is 50.1 Å². The molecule has 2 aromatic carbocycles. The number of nitrogens with one attached hydrogen (secondary N) is 1. The van der Waals surface area contributed by atoms with Crippen LogP contribution in [0, 0.1) is 12.8 Å². The average molecular weight is 477 g/mol. The molecule has 32 heavy (non-hydrogen) atoms. The van der Waals surface area contributed by atoms with Gasteiger partial charge in [0.25, 0.3) is 0 Å². The second-order valence-electron chi connectivity index (χ2n) is 8.59. The van der Waals surface area contributed by atoms with E-state index in [4.69, 9.17) is 16.3 Å². The van der Waals surface area contributed by atoms with Gasteiger partial charge in [0.1, 0.15) is 5.75 Å². The summed E-state index contributed by atoms with van der Waals surface area (Å²) in [7, 11) is -3.64. The van der Waals surface area contributed by atoms with Gasteiger partial charge >= 0.3 is 0 Å². The van der Waals surface area contributed by atoms with Gasteiger partial charge in [-0.05, 0) is 87.5 Å². The number of halogens is 1. The van der Waals surface area contributed by atoms with Gasteiger partial charge in [0.15, 0.2) is 5.78 Å². The molecule has 1 saturated carbocycles. The van der Waals surface area contributed by atoms with Crippen LogP contribution in [0.3, 0.4) is 0 Å². The molecule has 1 N–H and O–H groups in total. The summed E-state index contributed by atoms with van der Waals surface area (Å²) in [6, 6.07) is 12.1. The van der Waals surface area contributed by atoms with Crippen molar-refractivity contribution in [3.63, 3.8) is 0 Å². The number of carbonyl (C=O) groups is 1. The van der Waals surface area contributed by atoms with Gasteiger partial charge < -0.3 is 4.74 Å². The highest BCUT2D eigenvalue weighted by Gasteiger charge is 2.30. The summed E-state index contributed by atoms with van der Waals surface area (Å²) in [4.78, 5) is 14.4. The largest absolute Gasteiger partial charge is 0.494 e. The van der Waals surface area contributed by atoms with E-state index in [1.54, 1.807) is 12.1 Å². The molecule has 0 bridgehead atoms. The summed E-state index contributed by atoms with van der Waals surface area (Å²) in [5.41, 5.74) is 1.60. The molecule has 2 fully saturated rings. The van der Waals surface area contributed by atoms with Crippen LogP contribution < -0.4 is 9.46 Å². The van der Waals surface area contributed by atoms with E-state index in [0.29, 0.717) is 11.6 Å². The quantitative estimate of drug-likeness (QED) is 0.406. The first-order valence-electron chi connectivity index (χ1n) is 11.1. The fourth-order valence-corrected chi connectivity index (χ4v) is 5.50. The predicted molar refractivity (Wildman–Crippen MR) is 125 cm³/mol. The molecule has 1 heterocycles. The van der Waals surface area contributed by atoms with Gasteiger partial charge in [0.2, 0.25) is 10.0 Å². The summed E-state index contributed by atoms with van der Waals surface area (Å²) in [6.45, 7) is 3.95. The Morgan fingerprint density at radius 1 is 1.16 bits per heavy atom. The van der Waals surface area contributed by atoms with Crippen LogP contribution in [0.4, 0.5) is 0 Å². The maximum Gasteiger partial charge on any atom is 0.241 e. The lowest BCUT2D eigenvalue weighted by atomic mass is 10.1. The number of carbonyl (C=O) groups excluding carboxylic acids is 1. The van der Waals surface area contributed by atoms with Crippen molar-refractivity contribution >= 4 is 27.4 Å². The highest BCUT2D eigenvalue weighted by atomic mass is 35.5. The number of benzene rings is 2. The number of nitrogens with zero attached hydrogens (tertiary/aromatic N) is 1. The van der Waals surface area contributed by atoms with Crippen LogP contribution in [0.1, 0.15) is 48.0 Å². The number of hydrogen-bond acceptors (Lipinski definition) is 5. The maximum atomic E-state index is 12.8. The summed E-state index contributed by atoms with van der Waals surface area (Å²) in [5, 5.41) is 0.443. The normalized spacial score (nSPS) is 19.2. The molecule has 0 amide bonds. The minimum absolute atomic E-state index is 0.187. The molecule has 4 rings (SSSR count). The first-order valence-corrected chi connectivity index (χ1v) is 13.0. The number of aryl methyl sites for hydroxylation is 1. The van der Waals surface area contributed by atoms with Gasteiger partial charge in [-0.25, -0.2) is 8.42 Å². The molecule has 0 aromatic heterocycles. The van der Waals surface area contributed by atoms with Crippen molar-refractivity contribution in [3.8, 4) is 5.75 Å². The third kappa shape index (κ3) is 5.70. The Balaban J connectivity index is 1.25. The Kier molecular flexibility index (Phi) is 7.20. The van der Waals surface area contributed by atoms with Crippen molar-refractivity contribution in [2.24, 2.45) is 5.92 Å². The third-order valence-electron chi connectivity index (χ3n) is 6.05. The predicted octanol–water partition coefficient (Wildman–Crippen LogP) is 4.41. The monoisotopic (exact) mass is 476 g/mol. The van der Waals surface area contributed by atoms with Crippen LogP contribution in [-0.4, -0.2) is 45.0 Å². The van der Waals surface area contributed by atoms with Gasteiger partial charge in [-0.2, -0.15) is 4.72 Å². The lowest BCUT2D eigenvalue weighted by molar-refractivity contribution is 0.0967. The van der Waals surface area contributed by atoms with E-state index >= 15 is 0 Å². The second-order valence-corrected chi connectivity index (χ2v) is 10.7. The topological polar surface area (TPSA) is 75.7 Å². The second kappa shape index (κ2) is 9.91. The fraction of sp³-hybridized carbons (Fsp3) is 0.458. The molecule has 1 unspecified atom stereocenters. The third-order valence-corrected chi connectivity index (χ3v) is 7.92. The van der Waals surface area contributed by atoms with Crippen LogP contribution in [0.5, 0.6) is 5.75 Å². The van der Waals surface area contributed by atoms with E-state index in [-0.39, 0.29) is 22.8 Å². The Labute approximate surface area is 195 Å². The number of hydrogen-bond donors (Lipinski definition) is 1. The molecule has 172 valence electrons. The van der Waals surface area contributed by atoms with E-state index in [0.717, 1.165) is 62.1 Å². The van der Waals surface area contributed by atoms with E-state index < -0.39 is 10.0 Å². The summed E-state index contributed by atoms with van der Waals surface area (Å²) in [5.74, 6) is 1.19. The van der Waals surface area contributed by atoms with Gasteiger partial charge in [0.05, 0.1) is 17.7 Å². The Morgan fingerprint density at radius 2 is 1.91 bits per heavy atom. The van der Waals surface area contributed by atoms with E-state index in [2.05, 4.69) is 9.62 Å². The number of ether oxygens (including phenoxy) is 1. The van der Waals surface area contributed by atoms with Crippen LogP contribution in [0.25, 0.3) is 0 Å². The van der Waals surface area contributed by atoms with Crippen molar-refractivity contribution < 1.29 is 17.9 Å². The standard InChI is InChI=1S/C24H29ClN2O4S/c1-17-5-12-21(16-22(17)25)32(29,30)26-23-4-2-13-27(23)14-3-15-31-20-10-8-19(9-11-20)24(28)18-6-7-18/h5,8-12,16,18,23,26H,2-4,6-7,13-15H2,1H3. The van der Waals surface area contributed by atoms with Gasteiger partial charge in [-0.1, -0.05) is 17.7 Å². The molecule has 6 nitrogen and oxygen atoms in total. The Hall–Kier alpha value is -1.93. The Morgan fingerprint density at radius 3 is 2.59 bits per heavy atom. The zero-order valence-electron chi connectivity index (χ0n) is 18.2. The highest BCUT2D eigenvalue weighted by molar-refractivity contribution is 7.89. The van der Waals surface area contributed by atoms with E-state index in [1.165, 1.54) is 6.07 Å². The molecule has 1 aliphatic carbocycles. The molecule has 1 atom stereocenters. The minimum Gasteiger partial charge on any atom is -0.494 e. The molecule has 0 radical (unpaired) electrons. The van der Waals surface area contributed by atoms with Crippen molar-refractivity contribution in [1.29, 1.82) is 0 Å². The molecule has 0 spiro atoms. The summed E-state index contributed by atoms with van der Waals surface area (Å²) in [6.07, 6.45) is 4.27. The highest BCUT2D eigenvalue weighted by Crippen LogP contribution is 2.33. The number of ketones is 1. The fourth-order valence-electron chi connectivity index (χ4n) is 3.97. The first-order chi connectivity index (χ1) is 15.3. The first kappa shape index (κ1) is 23.2. The molecule has 1 aliphatic heterocycles. The van der Waals surface area contributed by atoms with E-state index in [9.17, 15) is 13.2 Å². The van der Waals surface area contributed by atoms with Crippen LogP contribution >= 0.6 is 11.6 Å². The number of Topliss-reactive ketones (excluding diaryl/α,β-unsaturated/α-hetero) is 1. The number of sulfonamides is 1. The summed E-state index contributed by atoms with van der Waals surface area (Å²) < 4.78 is 34.2. The zero-order valence-corrected chi connectivity index (χ0v) is 19.8. The summed E-state index contributed by atoms with van der Waals surface area (Å²) >= 11 is 6.11. The molecule has 2 aliphatic rings. The van der Waals surface area contributed by atoms with Crippen LogP contribution in [0.15, 0.2) is 47.4 Å². The lowest BCUT2D eigenvalue weighted by Crippen LogP contribution is -2.44. The average Bonchev–Trinajstić information content (AvgIpc) is 3.54. The van der Waals surface area contributed by atoms with Crippen LogP contribution in [-0.2, 0) is 10.0 Å². The van der Waals surface area contributed by atoms with Crippen LogP contribution in [0.2, 0.25) is 5.02 Å².